The summed E-state index contributed by atoms with van der Waals surface area (Å²) in [5.74, 6) is 1.82. The standard InChI is InChI=1S/C31H41FN6O4/c1-19-12-21-15-33-38(26(21)13-24(19)23-9-10-36(18-25(23)32)30(39)42-31(3,4)5)28-14-27(34-20(2)35-28)37-16-22(17-37)41-29-8-6-7-11-40-29/h12-15,22-23,25,29H,6-11,16-18H2,1-5H3/t23-,25-,29?/m0/s1. The second-order valence-electron chi connectivity index (χ2n) is 12.8. The van der Waals surface area contributed by atoms with E-state index in [1.165, 1.54) is 4.90 Å². The number of hydrogen-bond acceptors (Lipinski definition) is 8. The van der Waals surface area contributed by atoms with Gasteiger partial charge in [0, 0.05) is 43.6 Å². The molecule has 2 aromatic heterocycles. The molecule has 3 fully saturated rings. The van der Waals surface area contributed by atoms with Gasteiger partial charge in [-0.05, 0) is 83.6 Å². The highest BCUT2D eigenvalue weighted by molar-refractivity contribution is 5.82. The molecular weight excluding hydrogens is 539 g/mol. The summed E-state index contributed by atoms with van der Waals surface area (Å²) in [7, 11) is 0. The average molecular weight is 581 g/mol. The fourth-order valence-corrected chi connectivity index (χ4v) is 6.08. The lowest BCUT2D eigenvalue weighted by molar-refractivity contribution is -0.191. The molecular formula is C31H41FN6O4. The summed E-state index contributed by atoms with van der Waals surface area (Å²) >= 11 is 0. The van der Waals surface area contributed by atoms with Gasteiger partial charge in [-0.1, -0.05) is 0 Å². The monoisotopic (exact) mass is 580 g/mol. The van der Waals surface area contributed by atoms with E-state index in [0.29, 0.717) is 24.6 Å². The van der Waals surface area contributed by atoms with Crippen LogP contribution in [0.15, 0.2) is 24.4 Å². The third-order valence-electron chi connectivity index (χ3n) is 8.23. The van der Waals surface area contributed by atoms with Crippen molar-refractivity contribution in [3.8, 4) is 5.82 Å². The van der Waals surface area contributed by atoms with E-state index in [2.05, 4.69) is 21.0 Å². The van der Waals surface area contributed by atoms with E-state index in [0.717, 1.165) is 66.8 Å². The zero-order valence-corrected chi connectivity index (χ0v) is 25.2. The normalized spacial score (nSPS) is 23.7. The Kier molecular flexibility index (Phi) is 7.82. The number of aromatic nitrogens is 4. The molecule has 42 heavy (non-hydrogen) atoms. The van der Waals surface area contributed by atoms with Crippen LogP contribution in [0, 0.1) is 13.8 Å². The van der Waals surface area contributed by atoms with Crippen LogP contribution < -0.4 is 4.90 Å². The number of anilines is 1. The summed E-state index contributed by atoms with van der Waals surface area (Å²) in [5, 5.41) is 5.62. The van der Waals surface area contributed by atoms with Crippen LogP contribution in [-0.2, 0) is 14.2 Å². The minimum absolute atomic E-state index is 0.0121. The number of carbonyl (C=O) groups excluding carboxylic acids is 1. The maximum atomic E-state index is 15.6. The summed E-state index contributed by atoms with van der Waals surface area (Å²) in [6.07, 6.45) is 3.89. The predicted molar refractivity (Wildman–Crippen MR) is 157 cm³/mol. The summed E-state index contributed by atoms with van der Waals surface area (Å²) in [6.45, 7) is 12.1. The van der Waals surface area contributed by atoms with E-state index in [4.69, 9.17) is 19.2 Å². The average Bonchev–Trinajstić information content (AvgIpc) is 3.32. The Hall–Kier alpha value is -3.31. The van der Waals surface area contributed by atoms with E-state index in [9.17, 15) is 4.79 Å². The third-order valence-corrected chi connectivity index (χ3v) is 8.23. The van der Waals surface area contributed by atoms with Crippen molar-refractivity contribution in [1.82, 2.24) is 24.6 Å². The SMILES string of the molecule is Cc1nc(N2CC(OC3CCCCO3)C2)cc(-n2ncc3cc(C)c([C@@H]4CCN(C(=O)OC(C)(C)C)C[C@@H]4F)cc32)n1. The lowest BCUT2D eigenvalue weighted by atomic mass is 9.85. The van der Waals surface area contributed by atoms with Crippen molar-refractivity contribution < 1.29 is 23.4 Å². The largest absolute Gasteiger partial charge is 0.444 e. The van der Waals surface area contributed by atoms with Crippen LogP contribution in [0.4, 0.5) is 15.0 Å². The van der Waals surface area contributed by atoms with Crippen molar-refractivity contribution in [3.05, 3.63) is 41.3 Å². The van der Waals surface area contributed by atoms with E-state index < -0.39 is 17.9 Å². The molecule has 3 atom stereocenters. The minimum Gasteiger partial charge on any atom is -0.444 e. The first-order valence-corrected chi connectivity index (χ1v) is 15.0. The Morgan fingerprint density at radius 2 is 1.83 bits per heavy atom. The number of hydrogen-bond donors (Lipinski definition) is 0. The van der Waals surface area contributed by atoms with E-state index >= 15 is 4.39 Å². The number of aryl methyl sites for hydroxylation is 2. The number of ether oxygens (including phenoxy) is 3. The van der Waals surface area contributed by atoms with Crippen LogP contribution in [0.2, 0.25) is 0 Å². The Morgan fingerprint density at radius 3 is 2.55 bits per heavy atom. The number of benzene rings is 1. The number of amides is 1. The van der Waals surface area contributed by atoms with Crippen LogP contribution in [0.5, 0.6) is 0 Å². The molecule has 10 nitrogen and oxygen atoms in total. The molecule has 3 aromatic rings. The van der Waals surface area contributed by atoms with E-state index in [-0.39, 0.29) is 24.9 Å². The molecule has 1 amide bonds. The Bertz CT molecular complexity index is 1440. The van der Waals surface area contributed by atoms with Crippen LogP contribution in [0.3, 0.4) is 0 Å². The number of fused-ring (bicyclic) bond motifs is 1. The summed E-state index contributed by atoms with van der Waals surface area (Å²) in [4.78, 5) is 25.6. The second-order valence-corrected chi connectivity index (χ2v) is 12.8. The van der Waals surface area contributed by atoms with Gasteiger partial charge in [0.25, 0.3) is 0 Å². The Balaban J connectivity index is 1.20. The predicted octanol–water partition coefficient (Wildman–Crippen LogP) is 5.23. The van der Waals surface area contributed by atoms with Gasteiger partial charge < -0.3 is 24.0 Å². The lowest BCUT2D eigenvalue weighted by Gasteiger charge is -2.41. The highest BCUT2D eigenvalue weighted by Crippen LogP contribution is 2.36. The molecule has 226 valence electrons. The molecule has 0 saturated carbocycles. The van der Waals surface area contributed by atoms with E-state index in [1.54, 1.807) is 0 Å². The van der Waals surface area contributed by atoms with Crippen molar-refractivity contribution in [3.63, 3.8) is 0 Å². The van der Waals surface area contributed by atoms with Crippen LogP contribution in [0.1, 0.15) is 69.3 Å². The number of alkyl halides is 1. The molecule has 3 aliphatic rings. The lowest BCUT2D eigenvalue weighted by Crippen LogP contribution is -2.54. The van der Waals surface area contributed by atoms with Crippen molar-refractivity contribution in [1.29, 1.82) is 0 Å². The first-order valence-electron chi connectivity index (χ1n) is 15.0. The molecule has 0 aliphatic carbocycles. The smallest absolute Gasteiger partial charge is 0.410 e. The molecule has 0 radical (unpaired) electrons. The highest BCUT2D eigenvalue weighted by atomic mass is 19.1. The summed E-state index contributed by atoms with van der Waals surface area (Å²) in [6, 6.07) is 6.04. The molecule has 0 spiro atoms. The van der Waals surface area contributed by atoms with Crippen molar-refractivity contribution >= 4 is 22.8 Å². The van der Waals surface area contributed by atoms with E-state index in [1.807, 2.05) is 57.6 Å². The van der Waals surface area contributed by atoms with Crippen molar-refractivity contribution in [2.45, 2.75) is 90.4 Å². The zero-order chi connectivity index (χ0) is 29.6. The van der Waals surface area contributed by atoms with Gasteiger partial charge in [0.05, 0.1) is 24.4 Å². The number of piperidine rings is 1. The van der Waals surface area contributed by atoms with Gasteiger partial charge in [-0.3, -0.25) is 0 Å². The molecule has 0 N–H and O–H groups in total. The van der Waals surface area contributed by atoms with Gasteiger partial charge >= 0.3 is 6.09 Å². The van der Waals surface area contributed by atoms with Crippen LogP contribution in [0.25, 0.3) is 16.7 Å². The molecule has 3 aliphatic heterocycles. The maximum Gasteiger partial charge on any atom is 0.410 e. The fourth-order valence-electron chi connectivity index (χ4n) is 6.08. The zero-order valence-electron chi connectivity index (χ0n) is 25.2. The first-order chi connectivity index (χ1) is 20.0. The first kappa shape index (κ1) is 28.8. The number of carbonyl (C=O) groups is 1. The second kappa shape index (κ2) is 11.4. The van der Waals surface area contributed by atoms with Gasteiger partial charge in [0.15, 0.2) is 12.1 Å². The van der Waals surface area contributed by atoms with Crippen LogP contribution >= 0.6 is 0 Å². The number of nitrogens with zero attached hydrogens (tertiary/aromatic N) is 6. The Labute approximate surface area is 246 Å². The van der Waals surface area contributed by atoms with Gasteiger partial charge in [-0.15, -0.1) is 0 Å². The number of halogens is 1. The van der Waals surface area contributed by atoms with Crippen molar-refractivity contribution in [2.75, 3.05) is 37.7 Å². The third kappa shape index (κ3) is 6.08. The molecule has 11 heteroatoms. The van der Waals surface area contributed by atoms with Gasteiger partial charge in [-0.2, -0.15) is 5.10 Å². The molecule has 1 unspecified atom stereocenters. The van der Waals surface area contributed by atoms with Crippen molar-refractivity contribution in [2.24, 2.45) is 0 Å². The van der Waals surface area contributed by atoms with Gasteiger partial charge in [-0.25, -0.2) is 23.8 Å². The topological polar surface area (TPSA) is 94.8 Å². The fraction of sp³-hybridized carbons (Fsp3) is 0.613. The summed E-state index contributed by atoms with van der Waals surface area (Å²) in [5.41, 5.74) is 2.18. The highest BCUT2D eigenvalue weighted by Gasteiger charge is 2.36. The number of rotatable bonds is 5. The van der Waals surface area contributed by atoms with Gasteiger partial charge in [0.1, 0.15) is 23.4 Å². The molecule has 0 bridgehead atoms. The minimum atomic E-state index is -1.20. The quantitative estimate of drug-likeness (QED) is 0.405. The maximum absolute atomic E-state index is 15.6. The van der Waals surface area contributed by atoms with Crippen LogP contribution in [-0.4, -0.2) is 87.7 Å². The van der Waals surface area contributed by atoms with Gasteiger partial charge in [0.2, 0.25) is 0 Å². The Morgan fingerprint density at radius 1 is 1.05 bits per heavy atom. The molecule has 3 saturated heterocycles. The number of likely N-dealkylation sites (tertiary alicyclic amines) is 1. The molecule has 1 aromatic carbocycles. The summed E-state index contributed by atoms with van der Waals surface area (Å²) < 4.78 is 34.7. The molecule has 6 rings (SSSR count). The molecule has 5 heterocycles.